The van der Waals surface area contributed by atoms with Gasteiger partial charge < -0.3 is 21.1 Å². The molecule has 0 saturated heterocycles. The topological polar surface area (TPSA) is 106 Å². The second-order valence-corrected chi connectivity index (χ2v) is 7.02. The summed E-state index contributed by atoms with van der Waals surface area (Å²) in [5, 5.41) is 5.70. The Morgan fingerprint density at radius 1 is 0.935 bits per heavy atom. The van der Waals surface area contributed by atoms with E-state index in [1.54, 1.807) is 36.5 Å². The van der Waals surface area contributed by atoms with Crippen LogP contribution in [0.3, 0.4) is 0 Å². The predicted octanol–water partition coefficient (Wildman–Crippen LogP) is 4.39. The molecule has 3 aromatic rings. The van der Waals surface area contributed by atoms with Gasteiger partial charge in [0.15, 0.2) is 0 Å². The van der Waals surface area contributed by atoms with Crippen molar-refractivity contribution >= 4 is 23.2 Å². The van der Waals surface area contributed by atoms with Crippen molar-refractivity contribution in [3.8, 4) is 11.5 Å². The van der Waals surface area contributed by atoms with Crippen LogP contribution in [0.5, 0.6) is 11.5 Å². The first-order chi connectivity index (χ1) is 15.1. The van der Waals surface area contributed by atoms with Crippen molar-refractivity contribution < 1.29 is 14.3 Å². The van der Waals surface area contributed by atoms with Crippen molar-refractivity contribution in [2.45, 2.75) is 25.7 Å². The highest BCUT2D eigenvalue weighted by molar-refractivity contribution is 5.94. The van der Waals surface area contributed by atoms with E-state index in [1.807, 2.05) is 30.3 Å². The molecule has 0 saturated carbocycles. The lowest BCUT2D eigenvalue weighted by Crippen LogP contribution is -2.24. The van der Waals surface area contributed by atoms with Gasteiger partial charge in [0.1, 0.15) is 11.5 Å². The Balaban J connectivity index is 1.37. The van der Waals surface area contributed by atoms with Gasteiger partial charge in [0.05, 0.1) is 16.9 Å². The van der Waals surface area contributed by atoms with Gasteiger partial charge in [0, 0.05) is 31.4 Å². The van der Waals surface area contributed by atoms with Crippen LogP contribution in [0, 0.1) is 0 Å². The number of carbonyl (C=O) groups is 2. The first-order valence-electron chi connectivity index (χ1n) is 10.2. The number of amides is 2. The minimum atomic E-state index is -0.140. The van der Waals surface area contributed by atoms with Gasteiger partial charge in [-0.05, 0) is 49.2 Å². The fourth-order valence-corrected chi connectivity index (χ4v) is 2.93. The molecule has 160 valence electrons. The Bertz CT molecular complexity index is 994. The van der Waals surface area contributed by atoms with E-state index in [2.05, 4.69) is 15.6 Å². The molecule has 1 heterocycles. The van der Waals surface area contributed by atoms with Gasteiger partial charge >= 0.3 is 0 Å². The van der Waals surface area contributed by atoms with Gasteiger partial charge in [-0.2, -0.15) is 0 Å². The fraction of sp³-hybridized carbons (Fsp3) is 0.208. The van der Waals surface area contributed by atoms with Gasteiger partial charge in [0.2, 0.25) is 5.91 Å². The molecule has 0 spiro atoms. The highest BCUT2D eigenvalue weighted by Crippen LogP contribution is 2.28. The van der Waals surface area contributed by atoms with Crippen LogP contribution in [-0.4, -0.2) is 23.3 Å². The van der Waals surface area contributed by atoms with Crippen LogP contribution in [0.25, 0.3) is 0 Å². The summed E-state index contributed by atoms with van der Waals surface area (Å²) in [6.07, 6.45) is 5.87. The van der Waals surface area contributed by atoms with E-state index in [0.29, 0.717) is 47.8 Å². The van der Waals surface area contributed by atoms with Crippen molar-refractivity contribution in [1.29, 1.82) is 0 Å². The zero-order valence-corrected chi connectivity index (χ0v) is 17.2. The van der Waals surface area contributed by atoms with Crippen LogP contribution in [-0.2, 0) is 4.79 Å². The number of nitrogens with zero attached hydrogens (tertiary/aromatic N) is 1. The number of benzene rings is 2. The van der Waals surface area contributed by atoms with E-state index in [0.717, 1.165) is 12.8 Å². The molecule has 0 aliphatic heterocycles. The Morgan fingerprint density at radius 2 is 1.77 bits per heavy atom. The Hall–Kier alpha value is -3.87. The van der Waals surface area contributed by atoms with E-state index in [1.165, 1.54) is 6.20 Å². The van der Waals surface area contributed by atoms with Gasteiger partial charge in [-0.3, -0.25) is 14.6 Å². The number of hydrogen-bond acceptors (Lipinski definition) is 5. The number of pyridine rings is 1. The average molecular weight is 418 g/mol. The zero-order chi connectivity index (χ0) is 21.9. The number of nitrogen functional groups attached to an aromatic ring is 1. The normalized spacial score (nSPS) is 10.3. The molecule has 7 heteroatoms. The lowest BCUT2D eigenvalue weighted by atomic mass is 10.1. The van der Waals surface area contributed by atoms with Crippen LogP contribution in [0.4, 0.5) is 11.4 Å². The number of carbonyl (C=O) groups excluding carboxylic acids is 2. The molecule has 0 bridgehead atoms. The molecule has 0 aliphatic rings. The minimum Gasteiger partial charge on any atom is -0.457 e. The summed E-state index contributed by atoms with van der Waals surface area (Å²) in [6.45, 7) is 0.557. The first kappa shape index (κ1) is 21.8. The number of rotatable bonds is 10. The lowest BCUT2D eigenvalue weighted by molar-refractivity contribution is -0.116. The summed E-state index contributed by atoms with van der Waals surface area (Å²) in [4.78, 5) is 28.1. The van der Waals surface area contributed by atoms with Crippen LogP contribution in [0.15, 0.2) is 73.1 Å². The molecular weight excluding hydrogens is 392 g/mol. The van der Waals surface area contributed by atoms with Crippen LogP contribution >= 0.6 is 0 Å². The fourth-order valence-electron chi connectivity index (χ4n) is 2.93. The number of unbranched alkanes of at least 4 members (excludes halogenated alkanes) is 2. The maximum Gasteiger partial charge on any atom is 0.252 e. The summed E-state index contributed by atoms with van der Waals surface area (Å²) in [6, 6.07) is 18.0. The third kappa shape index (κ3) is 7.15. The van der Waals surface area contributed by atoms with E-state index in [-0.39, 0.29) is 11.8 Å². The quantitative estimate of drug-likeness (QED) is 0.334. The average Bonchev–Trinajstić information content (AvgIpc) is 2.79. The summed E-state index contributed by atoms with van der Waals surface area (Å²) in [7, 11) is 0. The third-order valence-electron chi connectivity index (χ3n) is 4.57. The van der Waals surface area contributed by atoms with Gasteiger partial charge in [-0.25, -0.2) is 0 Å². The predicted molar refractivity (Wildman–Crippen MR) is 121 cm³/mol. The van der Waals surface area contributed by atoms with Crippen LogP contribution in [0.2, 0.25) is 0 Å². The molecular formula is C24H26N4O3. The molecule has 0 radical (unpaired) electrons. The number of hydrogen-bond donors (Lipinski definition) is 3. The van der Waals surface area contributed by atoms with E-state index >= 15 is 0 Å². The van der Waals surface area contributed by atoms with Crippen LogP contribution < -0.4 is 21.1 Å². The van der Waals surface area contributed by atoms with Crippen molar-refractivity contribution in [3.63, 3.8) is 0 Å². The van der Waals surface area contributed by atoms with E-state index < -0.39 is 0 Å². The van der Waals surface area contributed by atoms with Gasteiger partial charge in [-0.1, -0.05) is 24.6 Å². The second-order valence-electron chi connectivity index (χ2n) is 7.02. The van der Waals surface area contributed by atoms with Crippen molar-refractivity contribution in [1.82, 2.24) is 10.3 Å². The maximum atomic E-state index is 12.3. The summed E-state index contributed by atoms with van der Waals surface area (Å²) in [5.74, 6) is 1.06. The van der Waals surface area contributed by atoms with Crippen molar-refractivity contribution in [2.24, 2.45) is 0 Å². The summed E-state index contributed by atoms with van der Waals surface area (Å²) < 4.78 is 5.79. The third-order valence-corrected chi connectivity index (χ3v) is 4.57. The van der Waals surface area contributed by atoms with E-state index in [9.17, 15) is 9.59 Å². The Labute approximate surface area is 181 Å². The SMILES string of the molecule is Nc1ccc(Oc2ccccc2)cc1NC(=O)CCCCCNC(=O)c1cccnc1. The van der Waals surface area contributed by atoms with Gasteiger partial charge in [0.25, 0.3) is 5.91 Å². The van der Waals surface area contributed by atoms with Gasteiger partial charge in [-0.15, -0.1) is 0 Å². The maximum absolute atomic E-state index is 12.3. The van der Waals surface area contributed by atoms with Crippen LogP contribution in [0.1, 0.15) is 36.0 Å². The molecule has 0 atom stereocenters. The highest BCUT2D eigenvalue weighted by atomic mass is 16.5. The molecule has 0 unspecified atom stereocenters. The molecule has 0 fully saturated rings. The molecule has 4 N–H and O–H groups in total. The Morgan fingerprint density at radius 3 is 2.55 bits per heavy atom. The summed E-state index contributed by atoms with van der Waals surface area (Å²) in [5.41, 5.74) is 7.54. The smallest absolute Gasteiger partial charge is 0.252 e. The molecule has 2 aromatic carbocycles. The number of para-hydroxylation sites is 1. The molecule has 2 amide bonds. The number of nitrogens with one attached hydrogen (secondary N) is 2. The largest absolute Gasteiger partial charge is 0.457 e. The monoisotopic (exact) mass is 418 g/mol. The van der Waals surface area contributed by atoms with E-state index in [4.69, 9.17) is 10.5 Å². The number of ether oxygens (including phenoxy) is 1. The highest BCUT2D eigenvalue weighted by Gasteiger charge is 2.08. The summed E-state index contributed by atoms with van der Waals surface area (Å²) >= 11 is 0. The van der Waals surface area contributed by atoms with Crippen molar-refractivity contribution in [3.05, 3.63) is 78.6 Å². The Kier molecular flexibility index (Phi) is 7.99. The molecule has 3 rings (SSSR count). The second kappa shape index (κ2) is 11.3. The number of nitrogens with two attached hydrogens (primary N) is 1. The zero-order valence-electron chi connectivity index (χ0n) is 17.2. The lowest BCUT2D eigenvalue weighted by Gasteiger charge is -2.11. The standard InChI is InChI=1S/C24H26N4O3/c25-21-13-12-20(31-19-9-3-1-4-10-19)16-22(21)28-23(29)11-5-2-6-15-27-24(30)18-8-7-14-26-17-18/h1,3-4,7-10,12-14,16-17H,2,5-6,11,15,25H2,(H,27,30)(H,28,29). The first-order valence-corrected chi connectivity index (χ1v) is 10.2. The van der Waals surface area contributed by atoms with Crippen molar-refractivity contribution in [2.75, 3.05) is 17.6 Å². The number of anilines is 2. The number of aromatic nitrogens is 1. The molecule has 1 aromatic heterocycles. The minimum absolute atomic E-state index is 0.108. The molecule has 0 aliphatic carbocycles. The molecule has 31 heavy (non-hydrogen) atoms. The molecule has 7 nitrogen and oxygen atoms in total.